The number of carbonyl (C=O) groups excluding carboxylic acids is 1. The molecule has 1 amide bonds. The molecule has 43 heavy (non-hydrogen) atoms. The van der Waals surface area contributed by atoms with Gasteiger partial charge in [0, 0.05) is 23.7 Å². The van der Waals surface area contributed by atoms with Gasteiger partial charge in [-0.3, -0.25) is 4.79 Å². The van der Waals surface area contributed by atoms with E-state index in [0.29, 0.717) is 47.6 Å². The molecule has 0 radical (unpaired) electrons. The van der Waals surface area contributed by atoms with E-state index in [0.717, 1.165) is 69.3 Å². The average Bonchev–Trinajstić information content (AvgIpc) is 3.78. The number of nitrogens with zero attached hydrogens (tertiary/aromatic N) is 1. The molecule has 2 fully saturated rings. The summed E-state index contributed by atoms with van der Waals surface area (Å²) in [6.07, 6.45) is 11.2. The van der Waals surface area contributed by atoms with Gasteiger partial charge in [0.25, 0.3) is 5.91 Å². The Kier molecular flexibility index (Phi) is 9.09. The predicted octanol–water partition coefficient (Wildman–Crippen LogP) is 6.27. The molecule has 4 aliphatic rings. The van der Waals surface area contributed by atoms with Crippen molar-refractivity contribution in [2.75, 3.05) is 18.0 Å². The SMILES string of the molecule is C[C@H]1C/C=C\[C@@H](O)[C@@H]2CC[C@H]2CN2CCCCc3cc(Cl)ccc3COc3ccc(cc32)C(=O)NS(=O)(=O)[C@@H]1CC1CC1. The van der Waals surface area contributed by atoms with Crippen molar-refractivity contribution < 1.29 is 23.1 Å². The smallest absolute Gasteiger partial charge is 0.264 e. The van der Waals surface area contributed by atoms with E-state index in [9.17, 15) is 18.3 Å². The summed E-state index contributed by atoms with van der Waals surface area (Å²) in [5.74, 6) is 0.693. The monoisotopic (exact) mass is 626 g/mol. The maximum absolute atomic E-state index is 13.7. The van der Waals surface area contributed by atoms with Crippen LogP contribution in [0.15, 0.2) is 48.6 Å². The number of nitrogens with one attached hydrogen (secondary N) is 1. The molecule has 2 saturated carbocycles. The third-order valence-electron chi connectivity index (χ3n) is 9.98. The quantitative estimate of drug-likeness (QED) is 0.381. The van der Waals surface area contributed by atoms with Gasteiger partial charge in [-0.2, -0.15) is 0 Å². The summed E-state index contributed by atoms with van der Waals surface area (Å²) in [4.78, 5) is 15.8. The van der Waals surface area contributed by atoms with E-state index in [4.69, 9.17) is 16.3 Å². The summed E-state index contributed by atoms with van der Waals surface area (Å²) in [7, 11) is -3.93. The topological polar surface area (TPSA) is 95.9 Å². The van der Waals surface area contributed by atoms with Crippen molar-refractivity contribution in [3.05, 3.63) is 70.3 Å². The van der Waals surface area contributed by atoms with Crippen LogP contribution in [0.2, 0.25) is 5.02 Å². The summed E-state index contributed by atoms with van der Waals surface area (Å²) < 4.78 is 36.2. The normalized spacial score (nSPS) is 30.3. The lowest BCUT2D eigenvalue weighted by Gasteiger charge is -2.42. The van der Waals surface area contributed by atoms with Gasteiger partial charge >= 0.3 is 0 Å². The van der Waals surface area contributed by atoms with Gasteiger partial charge in [0.15, 0.2) is 0 Å². The molecule has 6 rings (SSSR count). The molecule has 2 N–H and O–H groups in total. The lowest BCUT2D eigenvalue weighted by molar-refractivity contribution is 0.0461. The number of aryl methyl sites for hydroxylation is 1. The van der Waals surface area contributed by atoms with Crippen LogP contribution < -0.4 is 14.4 Å². The van der Waals surface area contributed by atoms with Crippen molar-refractivity contribution >= 4 is 33.2 Å². The number of carbonyl (C=O) groups is 1. The zero-order valence-electron chi connectivity index (χ0n) is 24.9. The summed E-state index contributed by atoms with van der Waals surface area (Å²) in [6, 6.07) is 11.1. The number of sulfonamides is 1. The number of anilines is 1. The van der Waals surface area contributed by atoms with E-state index < -0.39 is 27.3 Å². The number of aliphatic hydroxyl groups excluding tert-OH is 1. The van der Waals surface area contributed by atoms with Crippen molar-refractivity contribution in [1.82, 2.24) is 4.72 Å². The molecule has 0 unspecified atom stereocenters. The van der Waals surface area contributed by atoms with Crippen molar-refractivity contribution in [3.8, 4) is 5.75 Å². The van der Waals surface area contributed by atoms with E-state index in [1.54, 1.807) is 18.2 Å². The molecule has 232 valence electrons. The van der Waals surface area contributed by atoms with E-state index in [-0.39, 0.29) is 11.8 Å². The van der Waals surface area contributed by atoms with Crippen LogP contribution in [-0.4, -0.2) is 43.9 Å². The van der Waals surface area contributed by atoms with Crippen LogP contribution in [0.1, 0.15) is 79.8 Å². The summed E-state index contributed by atoms with van der Waals surface area (Å²) in [5.41, 5.74) is 3.34. The Hall–Kier alpha value is -2.55. The van der Waals surface area contributed by atoms with Gasteiger partial charge in [0.05, 0.1) is 17.0 Å². The first-order chi connectivity index (χ1) is 20.7. The first kappa shape index (κ1) is 30.5. The minimum absolute atomic E-state index is 0.144. The molecular weight excluding hydrogens is 584 g/mol. The second kappa shape index (κ2) is 12.8. The number of halogens is 1. The Morgan fingerprint density at radius 1 is 1.07 bits per heavy atom. The molecule has 0 saturated heterocycles. The van der Waals surface area contributed by atoms with Crippen LogP contribution in [0.3, 0.4) is 0 Å². The molecule has 2 aromatic rings. The highest BCUT2D eigenvalue weighted by molar-refractivity contribution is 7.90. The van der Waals surface area contributed by atoms with Crippen LogP contribution in [0.4, 0.5) is 5.69 Å². The lowest BCUT2D eigenvalue weighted by Crippen LogP contribution is -2.44. The molecule has 2 aliphatic carbocycles. The van der Waals surface area contributed by atoms with Gasteiger partial charge in [-0.25, -0.2) is 13.1 Å². The van der Waals surface area contributed by atoms with Crippen LogP contribution in [0.5, 0.6) is 5.75 Å². The number of allylic oxidation sites excluding steroid dienone is 1. The lowest BCUT2D eigenvalue weighted by atomic mass is 9.70. The van der Waals surface area contributed by atoms with Crippen molar-refractivity contribution in [2.24, 2.45) is 23.7 Å². The number of rotatable bonds is 2. The number of aliphatic hydroxyl groups is 1. The van der Waals surface area contributed by atoms with Crippen LogP contribution >= 0.6 is 11.6 Å². The second-order valence-corrected chi connectivity index (χ2v) is 15.5. The van der Waals surface area contributed by atoms with E-state index >= 15 is 0 Å². The number of benzene rings is 2. The molecule has 5 atom stereocenters. The first-order valence-electron chi connectivity index (χ1n) is 15.9. The summed E-state index contributed by atoms with van der Waals surface area (Å²) in [6.45, 7) is 3.78. The highest BCUT2D eigenvalue weighted by Gasteiger charge is 2.39. The van der Waals surface area contributed by atoms with Crippen molar-refractivity contribution in [1.29, 1.82) is 0 Å². The van der Waals surface area contributed by atoms with Gasteiger partial charge < -0.3 is 14.7 Å². The van der Waals surface area contributed by atoms with Gasteiger partial charge in [-0.15, -0.1) is 0 Å². The molecule has 9 heteroatoms. The number of hydrogen-bond donors (Lipinski definition) is 2. The minimum Gasteiger partial charge on any atom is -0.487 e. The van der Waals surface area contributed by atoms with Crippen molar-refractivity contribution in [2.45, 2.75) is 82.7 Å². The highest BCUT2D eigenvalue weighted by Crippen LogP contribution is 2.41. The molecule has 0 aromatic heterocycles. The summed E-state index contributed by atoms with van der Waals surface area (Å²) >= 11 is 6.32. The number of fused-ring (bicyclic) bond motifs is 3. The van der Waals surface area contributed by atoms with E-state index in [1.165, 1.54) is 5.56 Å². The number of amides is 1. The fourth-order valence-electron chi connectivity index (χ4n) is 6.97. The van der Waals surface area contributed by atoms with Gasteiger partial charge in [0.1, 0.15) is 12.4 Å². The highest BCUT2D eigenvalue weighted by atomic mass is 35.5. The second-order valence-electron chi connectivity index (χ2n) is 13.1. The van der Waals surface area contributed by atoms with Crippen LogP contribution in [0.25, 0.3) is 0 Å². The largest absolute Gasteiger partial charge is 0.487 e. The maximum atomic E-state index is 13.7. The standard InChI is InChI=1S/C34H43ClN2O5S/c1-22-5-4-7-31(38)29-14-11-26(29)20-37-16-3-2-6-24-18-28(35)13-10-27(24)21-42-32-15-12-25(19-30(32)37)34(39)36-43(40,41)33(22)17-23-8-9-23/h4,7,10,12-13,15,18-19,22-23,26,29,31,33,38H,2-3,5-6,8-9,11,14,16-17,20-21H2,1H3,(H,36,39)/b7-4-/t22-,26-,29+,31+,33+/m0/s1. The molecule has 2 bridgehead atoms. The molecule has 2 aliphatic heterocycles. The van der Waals surface area contributed by atoms with Gasteiger partial charge in [0.2, 0.25) is 10.0 Å². The van der Waals surface area contributed by atoms with Crippen LogP contribution in [0, 0.1) is 23.7 Å². The molecule has 7 nitrogen and oxygen atoms in total. The molecule has 2 heterocycles. The Bertz CT molecular complexity index is 1470. The molecule has 0 spiro atoms. The Morgan fingerprint density at radius 3 is 2.67 bits per heavy atom. The molecule has 2 aromatic carbocycles. The van der Waals surface area contributed by atoms with E-state index in [1.807, 2.05) is 37.3 Å². The van der Waals surface area contributed by atoms with Gasteiger partial charge in [-0.05, 0) is 110 Å². The average molecular weight is 627 g/mol. The fraction of sp³-hybridized carbons (Fsp3) is 0.559. The third-order valence-corrected chi connectivity index (χ3v) is 12.1. The van der Waals surface area contributed by atoms with Gasteiger partial charge in [-0.1, -0.05) is 49.6 Å². The number of ether oxygens (including phenoxy) is 1. The Morgan fingerprint density at radius 2 is 1.91 bits per heavy atom. The van der Waals surface area contributed by atoms with Crippen LogP contribution in [-0.2, 0) is 23.1 Å². The predicted molar refractivity (Wildman–Crippen MR) is 170 cm³/mol. The Labute approximate surface area is 260 Å². The minimum atomic E-state index is -3.93. The zero-order valence-corrected chi connectivity index (χ0v) is 26.5. The fourth-order valence-corrected chi connectivity index (χ4v) is 8.94. The van der Waals surface area contributed by atoms with E-state index in [2.05, 4.69) is 9.62 Å². The third kappa shape index (κ3) is 7.07. The summed E-state index contributed by atoms with van der Waals surface area (Å²) in [5, 5.41) is 11.2. The maximum Gasteiger partial charge on any atom is 0.264 e. The molecular formula is C34H43ClN2O5S. The first-order valence-corrected chi connectivity index (χ1v) is 17.8. The Balaban J connectivity index is 1.37. The zero-order chi connectivity index (χ0) is 30.1. The van der Waals surface area contributed by atoms with Crippen molar-refractivity contribution in [3.63, 3.8) is 0 Å². The number of hydrogen-bond acceptors (Lipinski definition) is 6.